The van der Waals surface area contributed by atoms with Crippen molar-refractivity contribution in [3.63, 3.8) is 0 Å². The van der Waals surface area contributed by atoms with Gasteiger partial charge < -0.3 is 5.11 Å². The number of rotatable bonds is 2. The first kappa shape index (κ1) is 10.9. The summed E-state index contributed by atoms with van der Waals surface area (Å²) in [6, 6.07) is 0. The van der Waals surface area contributed by atoms with Crippen LogP contribution in [0.1, 0.15) is 20.8 Å². The average Bonchev–Trinajstić information content (AvgIpc) is 2.22. The van der Waals surface area contributed by atoms with Crippen LogP contribution in [-0.4, -0.2) is 5.11 Å². The zero-order valence-corrected chi connectivity index (χ0v) is 9.58. The second-order valence-corrected chi connectivity index (χ2v) is 5.37. The lowest BCUT2D eigenvalue weighted by atomic mass is 9.99. The van der Waals surface area contributed by atoms with E-state index in [1.807, 2.05) is 6.92 Å². The van der Waals surface area contributed by atoms with Crippen molar-refractivity contribution >= 4 is 23.2 Å². The summed E-state index contributed by atoms with van der Waals surface area (Å²) in [5.74, 6) is 0.255. The maximum Gasteiger partial charge on any atom is 0.103 e. The molecule has 0 saturated heterocycles. The van der Waals surface area contributed by atoms with Crippen molar-refractivity contribution in [2.75, 3.05) is 0 Å². The van der Waals surface area contributed by atoms with Crippen LogP contribution >= 0.6 is 23.2 Å². The van der Waals surface area contributed by atoms with Crippen LogP contribution in [0.25, 0.3) is 0 Å². The first-order valence-electron chi connectivity index (χ1n) is 4.15. The molecule has 1 nitrogen and oxygen atoms in total. The first-order chi connectivity index (χ1) is 5.73. The van der Waals surface area contributed by atoms with Gasteiger partial charge in [-0.2, -0.15) is 0 Å². The minimum atomic E-state index is -0.169. The summed E-state index contributed by atoms with van der Waals surface area (Å²) < 4.78 is 0.249. The fourth-order valence-corrected chi connectivity index (χ4v) is 2.73. The molecule has 1 saturated carbocycles. The molecule has 1 fully saturated rings. The molecule has 74 valence electrons. The van der Waals surface area contributed by atoms with Gasteiger partial charge in [0, 0.05) is 11.3 Å². The predicted octanol–water partition coefficient (Wildman–Crippen LogP) is 4.04. The zero-order valence-electron chi connectivity index (χ0n) is 8.06. The van der Waals surface area contributed by atoms with Gasteiger partial charge >= 0.3 is 0 Å². The number of halogens is 2. The van der Waals surface area contributed by atoms with E-state index < -0.39 is 0 Å². The zero-order chi connectivity index (χ0) is 10.4. The molecular weight excluding hydrogens is 207 g/mol. The fourth-order valence-electron chi connectivity index (χ4n) is 2.27. The van der Waals surface area contributed by atoms with Crippen LogP contribution in [0.4, 0.5) is 0 Å². The molecule has 2 unspecified atom stereocenters. The normalized spacial score (nSPS) is 35.3. The molecule has 3 heteroatoms. The molecule has 0 amide bonds. The predicted molar refractivity (Wildman–Crippen MR) is 56.9 cm³/mol. The van der Waals surface area contributed by atoms with Crippen LogP contribution in [0, 0.1) is 16.7 Å². The van der Waals surface area contributed by atoms with Gasteiger partial charge in [-0.05, 0) is 11.5 Å². The van der Waals surface area contributed by atoms with Crippen LogP contribution in [0.3, 0.4) is 0 Å². The molecule has 2 atom stereocenters. The smallest absolute Gasteiger partial charge is 0.103 e. The summed E-state index contributed by atoms with van der Waals surface area (Å²) in [6.07, 6.45) is 1.78. The van der Waals surface area contributed by atoms with E-state index in [0.29, 0.717) is 0 Å². The molecule has 0 aromatic rings. The van der Waals surface area contributed by atoms with Gasteiger partial charge in [-0.1, -0.05) is 50.6 Å². The standard InChI is InChI=1S/C10H14Cl2O/c1-6(13)8-9(2,3)10(8,4)5-7(11)12/h5,8,13H,1H2,2-4H3. The highest BCUT2D eigenvalue weighted by atomic mass is 35.5. The second-order valence-electron chi connectivity index (χ2n) is 4.36. The Balaban J connectivity index is 2.97. The summed E-state index contributed by atoms with van der Waals surface area (Å²) in [5, 5.41) is 9.37. The summed E-state index contributed by atoms with van der Waals surface area (Å²) in [7, 11) is 0. The van der Waals surface area contributed by atoms with Gasteiger partial charge in [0.1, 0.15) is 4.49 Å². The monoisotopic (exact) mass is 220 g/mol. The molecule has 0 aromatic heterocycles. The van der Waals surface area contributed by atoms with Crippen LogP contribution in [0.2, 0.25) is 0 Å². The van der Waals surface area contributed by atoms with Crippen molar-refractivity contribution in [2.24, 2.45) is 16.7 Å². The van der Waals surface area contributed by atoms with E-state index in [0.717, 1.165) is 0 Å². The number of hydrogen-bond donors (Lipinski definition) is 1. The van der Waals surface area contributed by atoms with E-state index in [1.54, 1.807) is 6.08 Å². The molecule has 0 radical (unpaired) electrons. The lowest BCUT2D eigenvalue weighted by molar-refractivity contribution is 0.357. The molecule has 1 rings (SSSR count). The number of allylic oxidation sites excluding steroid dienone is 2. The minimum absolute atomic E-state index is 0.0200. The largest absolute Gasteiger partial charge is 0.513 e. The van der Waals surface area contributed by atoms with Crippen LogP contribution in [0.5, 0.6) is 0 Å². The van der Waals surface area contributed by atoms with Gasteiger partial charge in [0.25, 0.3) is 0 Å². The lowest BCUT2D eigenvalue weighted by Gasteiger charge is -2.07. The second kappa shape index (κ2) is 2.93. The van der Waals surface area contributed by atoms with Gasteiger partial charge in [-0.3, -0.25) is 0 Å². The number of aliphatic hydroxyl groups is 1. The van der Waals surface area contributed by atoms with Gasteiger partial charge in [0.2, 0.25) is 0 Å². The third-order valence-electron chi connectivity index (χ3n) is 3.37. The van der Waals surface area contributed by atoms with E-state index in [-0.39, 0.29) is 27.0 Å². The molecule has 0 aromatic carbocycles. The molecular formula is C10H14Cl2O. The van der Waals surface area contributed by atoms with Gasteiger partial charge in [-0.15, -0.1) is 0 Å². The number of hydrogen-bond acceptors (Lipinski definition) is 1. The summed E-state index contributed by atoms with van der Waals surface area (Å²) >= 11 is 11.2. The Hall–Kier alpha value is -0.140. The fraction of sp³-hybridized carbons (Fsp3) is 0.600. The Morgan fingerprint density at radius 3 is 2.08 bits per heavy atom. The Labute approximate surface area is 89.0 Å². The van der Waals surface area contributed by atoms with Gasteiger partial charge in [0.05, 0.1) is 5.76 Å². The van der Waals surface area contributed by atoms with E-state index in [4.69, 9.17) is 23.2 Å². The maximum absolute atomic E-state index is 9.37. The maximum atomic E-state index is 9.37. The highest BCUT2D eigenvalue weighted by Gasteiger charge is 2.68. The van der Waals surface area contributed by atoms with Crippen molar-refractivity contribution < 1.29 is 5.11 Å². The van der Waals surface area contributed by atoms with Crippen LogP contribution < -0.4 is 0 Å². The van der Waals surface area contributed by atoms with Gasteiger partial charge in [0.15, 0.2) is 0 Å². The first-order valence-corrected chi connectivity index (χ1v) is 4.90. The molecule has 0 spiro atoms. The molecule has 0 heterocycles. The quantitative estimate of drug-likeness (QED) is 0.697. The molecule has 0 aliphatic heterocycles. The topological polar surface area (TPSA) is 20.2 Å². The Morgan fingerprint density at radius 2 is 1.85 bits per heavy atom. The van der Waals surface area contributed by atoms with E-state index >= 15 is 0 Å². The minimum Gasteiger partial charge on any atom is -0.513 e. The summed E-state index contributed by atoms with van der Waals surface area (Å²) in [6.45, 7) is 9.70. The third-order valence-corrected chi connectivity index (χ3v) is 3.59. The van der Waals surface area contributed by atoms with E-state index in [1.165, 1.54) is 0 Å². The van der Waals surface area contributed by atoms with Crippen molar-refractivity contribution in [1.82, 2.24) is 0 Å². The van der Waals surface area contributed by atoms with Crippen molar-refractivity contribution in [3.8, 4) is 0 Å². The van der Waals surface area contributed by atoms with Gasteiger partial charge in [-0.25, -0.2) is 0 Å². The van der Waals surface area contributed by atoms with Crippen molar-refractivity contribution in [1.29, 1.82) is 0 Å². The van der Waals surface area contributed by atoms with Crippen LogP contribution in [-0.2, 0) is 0 Å². The SMILES string of the molecule is C=C(O)C1C(C)(C)C1(C)C=C(Cl)Cl. The molecule has 1 N–H and O–H groups in total. The van der Waals surface area contributed by atoms with E-state index in [9.17, 15) is 5.11 Å². The molecule has 1 aliphatic carbocycles. The highest BCUT2D eigenvalue weighted by Crippen LogP contribution is 2.72. The average molecular weight is 221 g/mol. The summed E-state index contributed by atoms with van der Waals surface area (Å²) in [5.41, 5.74) is -0.189. The Bertz CT molecular complexity index is 277. The molecule has 1 aliphatic rings. The Kier molecular flexibility index (Phi) is 2.46. The Morgan fingerprint density at radius 1 is 1.38 bits per heavy atom. The number of aliphatic hydroxyl groups excluding tert-OH is 1. The molecule has 0 bridgehead atoms. The van der Waals surface area contributed by atoms with Crippen molar-refractivity contribution in [2.45, 2.75) is 20.8 Å². The van der Waals surface area contributed by atoms with Crippen LogP contribution in [0.15, 0.2) is 22.9 Å². The lowest BCUT2D eigenvalue weighted by Crippen LogP contribution is -1.99. The molecule has 13 heavy (non-hydrogen) atoms. The van der Waals surface area contributed by atoms with Crippen molar-refractivity contribution in [3.05, 3.63) is 22.9 Å². The highest BCUT2D eigenvalue weighted by molar-refractivity contribution is 6.55. The third kappa shape index (κ3) is 1.49. The van der Waals surface area contributed by atoms with E-state index in [2.05, 4.69) is 20.4 Å². The summed E-state index contributed by atoms with van der Waals surface area (Å²) in [4.78, 5) is 0.